The topological polar surface area (TPSA) is 75.0 Å². The number of furan rings is 3. The number of hydrogen-bond acceptors (Lipinski definition) is 6. The summed E-state index contributed by atoms with van der Waals surface area (Å²) in [5.74, 6) is 2.01. The minimum Gasteiger partial charge on any atom is -0.456 e. The van der Waals surface area contributed by atoms with Crippen molar-refractivity contribution in [3.63, 3.8) is 0 Å². The number of ether oxygens (including phenoxy) is 2. The van der Waals surface area contributed by atoms with E-state index >= 15 is 4.57 Å². The van der Waals surface area contributed by atoms with E-state index in [2.05, 4.69) is 48.5 Å². The van der Waals surface area contributed by atoms with E-state index in [-0.39, 0.29) is 0 Å². The predicted molar refractivity (Wildman–Crippen MR) is 244 cm³/mol. The molecule has 0 atom stereocenters. The van der Waals surface area contributed by atoms with Crippen molar-refractivity contribution in [2.45, 2.75) is 0 Å². The molecule has 2 aliphatic heterocycles. The summed E-state index contributed by atoms with van der Waals surface area (Å²) < 4.78 is 49.7. The Balaban J connectivity index is 0.995. The van der Waals surface area contributed by atoms with Gasteiger partial charge in [0.2, 0.25) is 0 Å². The second kappa shape index (κ2) is 11.9. The van der Waals surface area contributed by atoms with Gasteiger partial charge >= 0.3 is 0 Å². The highest BCUT2D eigenvalue weighted by Gasteiger charge is 2.47. The van der Waals surface area contributed by atoms with Gasteiger partial charge in [-0.2, -0.15) is 0 Å². The fourth-order valence-electron chi connectivity index (χ4n) is 9.78. The molecule has 0 saturated heterocycles. The molecule has 5 heterocycles. The third kappa shape index (κ3) is 4.49. The van der Waals surface area contributed by atoms with E-state index in [9.17, 15) is 0 Å². The average molecular weight is 805 g/mol. The molecule has 2 aliphatic rings. The molecule has 0 fully saturated rings. The summed E-state index contributed by atoms with van der Waals surface area (Å²) in [6.45, 7) is 0. The maximum atomic E-state index is 16.5. The summed E-state index contributed by atoms with van der Waals surface area (Å²) in [6, 6.07) is 58.7. The van der Waals surface area contributed by atoms with E-state index in [0.29, 0.717) is 38.9 Å². The first kappa shape index (κ1) is 33.1. The quantitative estimate of drug-likeness (QED) is 0.166. The first-order valence-electron chi connectivity index (χ1n) is 20.2. The van der Waals surface area contributed by atoms with Crippen LogP contribution < -0.4 is 25.4 Å². The van der Waals surface area contributed by atoms with E-state index in [4.69, 9.17) is 22.7 Å². The number of para-hydroxylation sites is 6. The van der Waals surface area contributed by atoms with Crippen LogP contribution in [0.1, 0.15) is 0 Å². The van der Waals surface area contributed by atoms with Crippen molar-refractivity contribution in [2.24, 2.45) is 0 Å². The lowest BCUT2D eigenvalue weighted by Gasteiger charge is -2.35. The third-order valence-corrected chi connectivity index (χ3v) is 15.7. The van der Waals surface area contributed by atoms with Gasteiger partial charge in [0.25, 0.3) is 0 Å². The zero-order chi connectivity index (χ0) is 40.0. The molecule has 12 aromatic rings. The van der Waals surface area contributed by atoms with Gasteiger partial charge in [0.15, 0.2) is 7.14 Å². The van der Waals surface area contributed by atoms with E-state index in [1.165, 1.54) is 0 Å². The molecule has 9 aromatic carbocycles. The second-order valence-electron chi connectivity index (χ2n) is 15.8. The molecule has 0 unspecified atom stereocenters. The molecular weight excluding hydrogens is 776 g/mol. The van der Waals surface area contributed by atoms with Gasteiger partial charge in [0.05, 0.1) is 10.6 Å². The molecule has 0 saturated carbocycles. The van der Waals surface area contributed by atoms with Crippen molar-refractivity contribution in [1.29, 1.82) is 0 Å². The van der Waals surface area contributed by atoms with Crippen LogP contribution in [0.5, 0.6) is 23.0 Å². The second-order valence-corrected chi connectivity index (χ2v) is 18.5. The molecule has 7 heteroatoms. The van der Waals surface area contributed by atoms with Crippen LogP contribution in [0.3, 0.4) is 0 Å². The Bertz CT molecular complexity index is 3750. The van der Waals surface area contributed by atoms with Crippen LogP contribution >= 0.6 is 7.14 Å². The highest BCUT2D eigenvalue weighted by Crippen LogP contribution is 2.60. The smallest absolute Gasteiger partial charge is 0.185 e. The van der Waals surface area contributed by atoms with Gasteiger partial charge < -0.3 is 27.3 Å². The molecule has 0 radical (unpaired) electrons. The molecule has 0 spiro atoms. The van der Waals surface area contributed by atoms with Crippen LogP contribution in [0.15, 0.2) is 189 Å². The summed E-state index contributed by atoms with van der Waals surface area (Å²) in [5.41, 5.74) is 10.1. The van der Waals surface area contributed by atoms with Crippen LogP contribution in [0, 0.1) is 0 Å². The minimum atomic E-state index is -3.58. The Labute approximate surface area is 347 Å². The highest BCUT2D eigenvalue weighted by atomic mass is 31.2. The first-order chi connectivity index (χ1) is 30.1. The maximum Gasteiger partial charge on any atom is 0.185 e. The third-order valence-electron chi connectivity index (χ3n) is 12.5. The van der Waals surface area contributed by atoms with Crippen molar-refractivity contribution in [2.75, 3.05) is 0 Å². The van der Waals surface area contributed by atoms with E-state index in [1.807, 2.05) is 127 Å². The fourth-order valence-corrected chi connectivity index (χ4v) is 12.8. The van der Waals surface area contributed by atoms with E-state index < -0.39 is 7.14 Å². The SMILES string of the molecule is O=P12c3ccc(-c4cccc5c4oc4ccccc45)cc3Oc3cc(-c4cccc5c4oc4ccccc45)cc(c31)Oc1cc(-c3cccc4c3oc3ccccc34)ccc12. The van der Waals surface area contributed by atoms with Crippen molar-refractivity contribution in [1.82, 2.24) is 0 Å². The predicted octanol–water partition coefficient (Wildman–Crippen LogP) is 14.2. The molecule has 0 amide bonds. The molecule has 14 rings (SSSR count). The van der Waals surface area contributed by atoms with Gasteiger partial charge in [0.1, 0.15) is 61.8 Å². The van der Waals surface area contributed by atoms with E-state index in [1.54, 1.807) is 0 Å². The highest BCUT2D eigenvalue weighted by molar-refractivity contribution is 7.86. The Kier molecular flexibility index (Phi) is 6.46. The Morgan fingerprint density at radius 3 is 1.11 bits per heavy atom. The Morgan fingerprint density at radius 2 is 0.689 bits per heavy atom. The van der Waals surface area contributed by atoms with Crippen molar-refractivity contribution in [3.05, 3.63) is 176 Å². The van der Waals surface area contributed by atoms with Crippen LogP contribution in [-0.2, 0) is 4.57 Å². The average Bonchev–Trinajstić information content (AvgIpc) is 4.00. The molecule has 0 aliphatic carbocycles. The molecular formula is C54H29O6P. The monoisotopic (exact) mass is 804 g/mol. The lowest BCUT2D eigenvalue weighted by molar-refractivity contribution is 0.462. The van der Waals surface area contributed by atoms with Crippen molar-refractivity contribution in [3.8, 4) is 56.4 Å². The lowest BCUT2D eigenvalue weighted by atomic mass is 10.0. The summed E-state index contributed by atoms with van der Waals surface area (Å²) in [6.07, 6.45) is 0. The van der Waals surface area contributed by atoms with Gasteiger partial charge in [-0.1, -0.05) is 121 Å². The van der Waals surface area contributed by atoms with Gasteiger partial charge in [0, 0.05) is 49.0 Å². The summed E-state index contributed by atoms with van der Waals surface area (Å²) >= 11 is 0. The van der Waals surface area contributed by atoms with Gasteiger partial charge in [-0.25, -0.2) is 0 Å². The van der Waals surface area contributed by atoms with Crippen LogP contribution in [-0.4, -0.2) is 0 Å². The maximum absolute atomic E-state index is 16.5. The normalized spacial score (nSPS) is 13.7. The zero-order valence-corrected chi connectivity index (χ0v) is 33.0. The standard InChI is InChI=1S/C54H29O6P/c55-61-49-24-22-30(33-13-7-16-39-36-10-1-4-19-42(36)58-51(33)39)26-45(49)56-47-28-32(35-15-9-18-41-38-12-3-6-21-44(38)60-53(35)41)29-48(54(47)61)57-46-27-31(23-25-50(46)61)34-14-8-17-40-37-11-2-5-20-43(37)59-52(34)40/h1-29H. The minimum absolute atomic E-state index is 0.484. The molecule has 286 valence electrons. The van der Waals surface area contributed by atoms with Crippen LogP contribution in [0.4, 0.5) is 0 Å². The summed E-state index contributed by atoms with van der Waals surface area (Å²) in [4.78, 5) is 0. The van der Waals surface area contributed by atoms with Crippen LogP contribution in [0.2, 0.25) is 0 Å². The summed E-state index contributed by atoms with van der Waals surface area (Å²) in [7, 11) is -3.58. The lowest BCUT2D eigenvalue weighted by Crippen LogP contribution is -2.35. The molecule has 61 heavy (non-hydrogen) atoms. The molecule has 6 nitrogen and oxygen atoms in total. The van der Waals surface area contributed by atoms with Gasteiger partial charge in [-0.3, -0.25) is 0 Å². The van der Waals surface area contributed by atoms with Crippen molar-refractivity contribution >= 4 is 88.9 Å². The number of hydrogen-bond donors (Lipinski definition) is 0. The number of benzene rings is 9. The van der Waals surface area contributed by atoms with Crippen LogP contribution in [0.25, 0.3) is 99.2 Å². The number of rotatable bonds is 3. The largest absolute Gasteiger partial charge is 0.456 e. The zero-order valence-electron chi connectivity index (χ0n) is 32.1. The van der Waals surface area contributed by atoms with E-state index in [0.717, 1.165) is 99.2 Å². The van der Waals surface area contributed by atoms with Crippen molar-refractivity contribution < 1.29 is 27.3 Å². The Hall–Kier alpha value is -7.79. The van der Waals surface area contributed by atoms with Gasteiger partial charge in [-0.15, -0.1) is 0 Å². The van der Waals surface area contributed by atoms with Gasteiger partial charge in [-0.05, 0) is 71.3 Å². The molecule has 0 bridgehead atoms. The number of fused-ring (bicyclic) bond motifs is 13. The Morgan fingerprint density at radius 1 is 0.328 bits per heavy atom. The fraction of sp³-hybridized carbons (Fsp3) is 0. The molecule has 3 aromatic heterocycles. The first-order valence-corrected chi connectivity index (χ1v) is 21.9. The summed E-state index contributed by atoms with van der Waals surface area (Å²) in [5, 5.41) is 8.01. The molecule has 0 N–H and O–H groups in total.